The molecule has 1 aromatic rings. The highest BCUT2D eigenvalue weighted by molar-refractivity contribution is 7.99. The van der Waals surface area contributed by atoms with Crippen LogP contribution in [0.5, 0.6) is 0 Å². The van der Waals surface area contributed by atoms with Crippen molar-refractivity contribution < 1.29 is 9.59 Å². The van der Waals surface area contributed by atoms with Crippen molar-refractivity contribution in [3.8, 4) is 0 Å². The van der Waals surface area contributed by atoms with E-state index >= 15 is 0 Å². The largest absolute Gasteiger partial charge is 0.240 e. The summed E-state index contributed by atoms with van der Waals surface area (Å²) in [4.78, 5) is 28.2. The first kappa shape index (κ1) is 15.4. The Kier molecular flexibility index (Phi) is 8.32. The fourth-order valence-corrected chi connectivity index (χ4v) is 2.54. The predicted molar refractivity (Wildman–Crippen MR) is 76.4 cm³/mol. The van der Waals surface area contributed by atoms with Gasteiger partial charge in [-0.1, -0.05) is 18.9 Å². The van der Waals surface area contributed by atoms with Gasteiger partial charge in [0.15, 0.2) is 0 Å². The lowest BCUT2D eigenvalue weighted by molar-refractivity contribution is 0.561. The van der Waals surface area contributed by atoms with Gasteiger partial charge in [-0.15, -0.1) is 11.8 Å². The third kappa shape index (κ3) is 7.37. The van der Waals surface area contributed by atoms with Crippen LogP contribution in [0, 0.1) is 0 Å². The molecular weight excluding hydrogens is 260 g/mol. The molecule has 19 heavy (non-hydrogen) atoms. The summed E-state index contributed by atoms with van der Waals surface area (Å²) >= 11 is 1.75. The average molecular weight is 276 g/mol. The number of isocyanates is 2. The third-order valence-corrected chi connectivity index (χ3v) is 3.57. The molecule has 0 radical (unpaired) electrons. The second kappa shape index (κ2) is 10.3. The zero-order valence-corrected chi connectivity index (χ0v) is 11.5. The van der Waals surface area contributed by atoms with Crippen molar-refractivity contribution in [3.63, 3.8) is 0 Å². The molecule has 0 aliphatic carbocycles. The topological polar surface area (TPSA) is 58.9 Å². The molecule has 0 bridgehead atoms. The molecule has 5 heteroatoms. The Bertz CT molecular complexity index is 478. The van der Waals surface area contributed by atoms with Gasteiger partial charge in [0, 0.05) is 4.90 Å². The van der Waals surface area contributed by atoms with Crippen LogP contribution in [-0.2, 0) is 9.59 Å². The third-order valence-electron chi connectivity index (χ3n) is 2.49. The maximum atomic E-state index is 10.2. The number of hydrogen-bond acceptors (Lipinski definition) is 5. The zero-order chi connectivity index (χ0) is 13.8. The lowest BCUT2D eigenvalue weighted by atomic mass is 10.2. The van der Waals surface area contributed by atoms with Crippen molar-refractivity contribution in [2.75, 3.05) is 12.3 Å². The molecule has 0 saturated heterocycles. The number of carbonyl (C=O) groups excluding carboxylic acids is 2. The van der Waals surface area contributed by atoms with Crippen molar-refractivity contribution in [2.45, 2.75) is 30.6 Å². The van der Waals surface area contributed by atoms with Crippen LogP contribution < -0.4 is 0 Å². The van der Waals surface area contributed by atoms with E-state index in [1.165, 1.54) is 0 Å². The summed E-state index contributed by atoms with van der Waals surface area (Å²) < 4.78 is 0. The molecule has 0 aliphatic rings. The smallest absolute Gasteiger partial charge is 0.211 e. The number of unbranched alkanes of at least 4 members (excludes halogenated alkanes) is 3. The van der Waals surface area contributed by atoms with Gasteiger partial charge in [-0.05, 0) is 36.8 Å². The van der Waals surface area contributed by atoms with E-state index in [1.54, 1.807) is 30.0 Å². The molecular formula is C14H16N2O2S. The van der Waals surface area contributed by atoms with E-state index < -0.39 is 0 Å². The minimum absolute atomic E-state index is 0.586. The first-order chi connectivity index (χ1) is 9.36. The van der Waals surface area contributed by atoms with Crippen LogP contribution in [0.15, 0.2) is 39.1 Å². The van der Waals surface area contributed by atoms with Crippen LogP contribution in [0.2, 0.25) is 0 Å². The Morgan fingerprint density at radius 2 is 1.89 bits per heavy atom. The fourth-order valence-electron chi connectivity index (χ4n) is 1.58. The van der Waals surface area contributed by atoms with E-state index in [1.807, 2.05) is 18.2 Å². The normalized spacial score (nSPS) is 9.47. The Hall–Kier alpha value is -1.67. The highest BCUT2D eigenvalue weighted by Crippen LogP contribution is 2.24. The van der Waals surface area contributed by atoms with Crippen LogP contribution in [-0.4, -0.2) is 24.5 Å². The maximum Gasteiger partial charge on any atom is 0.240 e. The summed E-state index contributed by atoms with van der Waals surface area (Å²) in [6.45, 7) is 0.586. The molecule has 0 N–H and O–H groups in total. The number of thioether (sulfide) groups is 1. The zero-order valence-electron chi connectivity index (χ0n) is 10.7. The minimum Gasteiger partial charge on any atom is -0.211 e. The van der Waals surface area contributed by atoms with Crippen molar-refractivity contribution in [1.82, 2.24) is 0 Å². The Labute approximate surface area is 117 Å². The van der Waals surface area contributed by atoms with E-state index in [2.05, 4.69) is 9.98 Å². The van der Waals surface area contributed by atoms with Crippen LogP contribution in [0.1, 0.15) is 25.7 Å². The molecule has 0 unspecified atom stereocenters. The minimum atomic E-state index is 0.586. The lowest BCUT2D eigenvalue weighted by Gasteiger charge is -2.02. The molecule has 4 nitrogen and oxygen atoms in total. The van der Waals surface area contributed by atoms with E-state index in [0.29, 0.717) is 12.2 Å². The Morgan fingerprint density at radius 1 is 1.05 bits per heavy atom. The van der Waals surface area contributed by atoms with Crippen molar-refractivity contribution in [3.05, 3.63) is 24.3 Å². The monoisotopic (exact) mass is 276 g/mol. The lowest BCUT2D eigenvalue weighted by Crippen LogP contribution is -1.84. The van der Waals surface area contributed by atoms with Crippen LogP contribution >= 0.6 is 11.8 Å². The van der Waals surface area contributed by atoms with Crippen LogP contribution in [0.25, 0.3) is 0 Å². The Balaban J connectivity index is 2.17. The van der Waals surface area contributed by atoms with Gasteiger partial charge in [-0.25, -0.2) is 14.6 Å². The highest BCUT2D eigenvalue weighted by Gasteiger charge is 1.96. The fraction of sp³-hybridized carbons (Fsp3) is 0.429. The van der Waals surface area contributed by atoms with Crippen LogP contribution in [0.3, 0.4) is 0 Å². The van der Waals surface area contributed by atoms with Crippen molar-refractivity contribution in [1.29, 1.82) is 0 Å². The summed E-state index contributed by atoms with van der Waals surface area (Å²) in [6, 6.07) is 7.56. The van der Waals surface area contributed by atoms with E-state index in [9.17, 15) is 9.59 Å². The second-order valence-electron chi connectivity index (χ2n) is 3.94. The number of aliphatic imine (C=N–C) groups is 2. The van der Waals surface area contributed by atoms with Gasteiger partial charge < -0.3 is 0 Å². The molecule has 0 aromatic heterocycles. The molecule has 1 rings (SSSR count). The standard InChI is InChI=1S/C14H16N2O2S/c17-11-15-8-3-1-2-4-9-19-14-7-5-6-13(10-14)16-12-18/h5-7,10H,1-4,8-9H2. The molecule has 0 saturated carbocycles. The van der Waals surface area contributed by atoms with Gasteiger partial charge in [-0.3, -0.25) is 0 Å². The molecule has 0 amide bonds. The summed E-state index contributed by atoms with van der Waals surface area (Å²) in [5.41, 5.74) is 0.645. The van der Waals surface area contributed by atoms with Crippen molar-refractivity contribution >= 4 is 29.6 Å². The number of benzene rings is 1. The summed E-state index contributed by atoms with van der Waals surface area (Å²) in [5.74, 6) is 1.03. The van der Waals surface area contributed by atoms with E-state index in [-0.39, 0.29) is 0 Å². The molecule has 0 heterocycles. The van der Waals surface area contributed by atoms with Crippen LogP contribution in [0.4, 0.5) is 5.69 Å². The quantitative estimate of drug-likeness (QED) is 0.299. The number of rotatable bonds is 9. The Morgan fingerprint density at radius 3 is 2.68 bits per heavy atom. The molecule has 1 aromatic carbocycles. The van der Waals surface area contributed by atoms with Crippen molar-refractivity contribution in [2.24, 2.45) is 9.98 Å². The SMILES string of the molecule is O=C=NCCCCCCSc1cccc(N=C=O)c1. The summed E-state index contributed by atoms with van der Waals surface area (Å²) in [5, 5.41) is 0. The van der Waals surface area contributed by atoms with Gasteiger partial charge in [-0.2, -0.15) is 4.99 Å². The molecule has 0 atom stereocenters. The average Bonchev–Trinajstić information content (AvgIpc) is 2.43. The number of nitrogens with zero attached hydrogens (tertiary/aromatic N) is 2. The van der Waals surface area contributed by atoms with Gasteiger partial charge in [0.2, 0.25) is 12.2 Å². The van der Waals surface area contributed by atoms with Gasteiger partial charge in [0.05, 0.1) is 12.2 Å². The maximum absolute atomic E-state index is 10.2. The predicted octanol–water partition coefficient (Wildman–Crippen LogP) is 3.64. The van der Waals surface area contributed by atoms with E-state index in [4.69, 9.17) is 0 Å². The molecule has 0 aliphatic heterocycles. The molecule has 100 valence electrons. The first-order valence-electron chi connectivity index (χ1n) is 6.21. The van der Waals surface area contributed by atoms with Gasteiger partial charge >= 0.3 is 0 Å². The molecule has 0 fully saturated rings. The van der Waals surface area contributed by atoms with Gasteiger partial charge in [0.1, 0.15) is 0 Å². The van der Waals surface area contributed by atoms with Gasteiger partial charge in [0.25, 0.3) is 0 Å². The highest BCUT2D eigenvalue weighted by atomic mass is 32.2. The summed E-state index contributed by atoms with van der Waals surface area (Å²) in [7, 11) is 0. The second-order valence-corrected chi connectivity index (χ2v) is 5.10. The van der Waals surface area contributed by atoms with E-state index in [0.717, 1.165) is 36.3 Å². The first-order valence-corrected chi connectivity index (χ1v) is 7.20. The molecule has 0 spiro atoms. The summed E-state index contributed by atoms with van der Waals surface area (Å²) in [6.07, 6.45) is 7.37. The number of hydrogen-bond donors (Lipinski definition) is 0.